The van der Waals surface area contributed by atoms with E-state index in [0.29, 0.717) is 25.2 Å². The summed E-state index contributed by atoms with van der Waals surface area (Å²) in [5.74, 6) is 0. The van der Waals surface area contributed by atoms with Gasteiger partial charge in [-0.2, -0.15) is 0 Å². The van der Waals surface area contributed by atoms with Gasteiger partial charge in [-0.05, 0) is 66.5 Å². The van der Waals surface area contributed by atoms with Gasteiger partial charge in [0.25, 0.3) is 0 Å². The number of hydrogen-bond donors (Lipinski definition) is 1. The van der Waals surface area contributed by atoms with Gasteiger partial charge in [-0.3, -0.25) is 9.80 Å². The van der Waals surface area contributed by atoms with Crippen molar-refractivity contribution in [2.75, 3.05) is 46.5 Å². The molecule has 0 aromatic heterocycles. The molecule has 142 valence electrons. The molecule has 5 nitrogen and oxygen atoms in total. The van der Waals surface area contributed by atoms with Crippen molar-refractivity contribution < 1.29 is 14.6 Å². The molecular weight excluding hydrogens is 304 g/mol. The zero-order chi connectivity index (χ0) is 17.8. The van der Waals surface area contributed by atoms with Gasteiger partial charge in [0.1, 0.15) is 5.60 Å². The Bertz CT molecular complexity index is 389. The third-order valence-electron chi connectivity index (χ3n) is 5.71. The molecule has 0 bridgehead atoms. The number of nitrogens with zero attached hydrogens (tertiary/aromatic N) is 2. The van der Waals surface area contributed by atoms with Crippen LogP contribution in [-0.4, -0.2) is 84.7 Å². The Morgan fingerprint density at radius 3 is 2.38 bits per heavy atom. The van der Waals surface area contributed by atoms with E-state index in [2.05, 4.69) is 37.5 Å². The Balaban J connectivity index is 1.84. The fourth-order valence-corrected chi connectivity index (χ4v) is 4.14. The van der Waals surface area contributed by atoms with Crippen molar-refractivity contribution in [3.05, 3.63) is 0 Å². The molecule has 0 saturated carbocycles. The van der Waals surface area contributed by atoms with Crippen molar-refractivity contribution >= 4 is 0 Å². The average Bonchev–Trinajstić information content (AvgIpc) is 2.52. The van der Waals surface area contributed by atoms with Crippen LogP contribution in [0, 0.1) is 0 Å². The summed E-state index contributed by atoms with van der Waals surface area (Å²) in [6, 6.07) is 0.900. The maximum Gasteiger partial charge on any atom is 0.101 e. The first-order valence-electron chi connectivity index (χ1n) is 9.60. The highest BCUT2D eigenvalue weighted by molar-refractivity contribution is 4.90. The standard InChI is InChI=1S/C19H38N2O3/c1-16(2)20-10-6-8-18(4,13-20)24-12-17(3)21-11-7-9-19(22,14-21)15-23-5/h16-17,22H,6-15H2,1-5H3/t17?,18?,19-/m1/s1. The van der Waals surface area contributed by atoms with Crippen LogP contribution in [0.2, 0.25) is 0 Å². The molecule has 3 atom stereocenters. The van der Waals surface area contributed by atoms with E-state index in [9.17, 15) is 5.11 Å². The molecule has 2 rings (SSSR count). The van der Waals surface area contributed by atoms with E-state index < -0.39 is 5.60 Å². The summed E-state index contributed by atoms with van der Waals surface area (Å²) in [6.07, 6.45) is 4.19. The fraction of sp³-hybridized carbons (Fsp3) is 1.00. The summed E-state index contributed by atoms with van der Waals surface area (Å²) >= 11 is 0. The quantitative estimate of drug-likeness (QED) is 0.768. The second kappa shape index (κ2) is 8.45. The van der Waals surface area contributed by atoms with E-state index in [4.69, 9.17) is 9.47 Å². The van der Waals surface area contributed by atoms with E-state index in [1.165, 1.54) is 13.0 Å². The molecule has 2 aliphatic rings. The van der Waals surface area contributed by atoms with Crippen LogP contribution < -0.4 is 0 Å². The maximum absolute atomic E-state index is 10.6. The van der Waals surface area contributed by atoms with Crippen molar-refractivity contribution in [2.24, 2.45) is 0 Å². The monoisotopic (exact) mass is 342 g/mol. The van der Waals surface area contributed by atoms with Crippen LogP contribution in [0.1, 0.15) is 53.4 Å². The smallest absolute Gasteiger partial charge is 0.101 e. The zero-order valence-electron chi connectivity index (χ0n) is 16.4. The lowest BCUT2D eigenvalue weighted by Crippen LogP contribution is -2.55. The van der Waals surface area contributed by atoms with Crippen molar-refractivity contribution in [2.45, 2.75) is 76.7 Å². The number of piperidine rings is 2. The molecule has 2 unspecified atom stereocenters. The van der Waals surface area contributed by atoms with E-state index in [0.717, 1.165) is 39.0 Å². The summed E-state index contributed by atoms with van der Waals surface area (Å²) in [4.78, 5) is 4.88. The van der Waals surface area contributed by atoms with Crippen LogP contribution in [-0.2, 0) is 9.47 Å². The third kappa shape index (κ3) is 5.40. The molecule has 0 aliphatic carbocycles. The van der Waals surface area contributed by atoms with E-state index >= 15 is 0 Å². The van der Waals surface area contributed by atoms with Gasteiger partial charge >= 0.3 is 0 Å². The molecule has 2 heterocycles. The van der Waals surface area contributed by atoms with Gasteiger partial charge in [0.15, 0.2) is 0 Å². The van der Waals surface area contributed by atoms with Crippen molar-refractivity contribution in [1.29, 1.82) is 0 Å². The Kier molecular flexibility index (Phi) is 7.09. The van der Waals surface area contributed by atoms with E-state index in [-0.39, 0.29) is 5.60 Å². The van der Waals surface area contributed by atoms with Crippen molar-refractivity contribution in [3.63, 3.8) is 0 Å². The first-order chi connectivity index (χ1) is 11.3. The molecule has 2 aliphatic heterocycles. The first-order valence-corrected chi connectivity index (χ1v) is 9.60. The molecule has 24 heavy (non-hydrogen) atoms. The predicted octanol–water partition coefficient (Wildman–Crippen LogP) is 2.13. The Morgan fingerprint density at radius 2 is 1.71 bits per heavy atom. The normalized spacial score (nSPS) is 34.6. The van der Waals surface area contributed by atoms with Crippen molar-refractivity contribution in [3.8, 4) is 0 Å². The number of methoxy groups -OCH3 is 1. The van der Waals surface area contributed by atoms with Crippen LogP contribution in [0.15, 0.2) is 0 Å². The number of hydrogen-bond acceptors (Lipinski definition) is 5. The molecule has 0 aromatic rings. The van der Waals surface area contributed by atoms with Crippen LogP contribution in [0.5, 0.6) is 0 Å². The minimum absolute atomic E-state index is 0.0462. The predicted molar refractivity (Wildman–Crippen MR) is 97.4 cm³/mol. The highest BCUT2D eigenvalue weighted by Gasteiger charge is 2.37. The van der Waals surface area contributed by atoms with E-state index in [1.54, 1.807) is 7.11 Å². The topological polar surface area (TPSA) is 45.2 Å². The third-order valence-corrected chi connectivity index (χ3v) is 5.71. The molecular formula is C19H38N2O3. The van der Waals surface area contributed by atoms with Crippen molar-refractivity contribution in [1.82, 2.24) is 9.80 Å². The minimum atomic E-state index is -0.704. The summed E-state index contributed by atoms with van der Waals surface area (Å²) in [5.41, 5.74) is -0.750. The van der Waals surface area contributed by atoms with Gasteiger partial charge < -0.3 is 14.6 Å². The highest BCUT2D eigenvalue weighted by atomic mass is 16.5. The number of ether oxygens (including phenoxy) is 2. The largest absolute Gasteiger partial charge is 0.386 e. The van der Waals surface area contributed by atoms with Crippen LogP contribution in [0.25, 0.3) is 0 Å². The Labute approximate surface area is 148 Å². The second-order valence-electron chi connectivity index (χ2n) is 8.51. The summed E-state index contributed by atoms with van der Waals surface area (Å²) in [5, 5.41) is 10.6. The number of rotatable bonds is 7. The Morgan fingerprint density at radius 1 is 1.04 bits per heavy atom. The van der Waals surface area contributed by atoms with Gasteiger partial charge in [0.2, 0.25) is 0 Å². The molecule has 2 fully saturated rings. The molecule has 0 radical (unpaired) electrons. The lowest BCUT2D eigenvalue weighted by molar-refractivity contribution is -0.118. The minimum Gasteiger partial charge on any atom is -0.386 e. The zero-order valence-corrected chi connectivity index (χ0v) is 16.4. The number of β-amino-alcohol motifs (C(OH)–C–C–N with tert-alkyl or cyclic N) is 1. The van der Waals surface area contributed by atoms with Gasteiger partial charge in [-0.15, -0.1) is 0 Å². The number of aliphatic hydroxyl groups is 1. The number of likely N-dealkylation sites (tertiary alicyclic amines) is 2. The van der Waals surface area contributed by atoms with Gasteiger partial charge in [0.05, 0.1) is 18.8 Å². The summed E-state index contributed by atoms with van der Waals surface area (Å²) < 4.78 is 11.6. The van der Waals surface area contributed by atoms with Crippen LogP contribution in [0.3, 0.4) is 0 Å². The SMILES string of the molecule is COC[C@@]1(O)CCCN(C(C)COC2(C)CCCN(C(C)C)C2)C1. The Hall–Kier alpha value is -0.200. The van der Waals surface area contributed by atoms with Gasteiger partial charge in [0, 0.05) is 32.3 Å². The molecule has 2 saturated heterocycles. The lowest BCUT2D eigenvalue weighted by Gasteiger charge is -2.45. The van der Waals surface area contributed by atoms with Gasteiger partial charge in [-0.1, -0.05) is 0 Å². The van der Waals surface area contributed by atoms with Gasteiger partial charge in [-0.25, -0.2) is 0 Å². The fourth-order valence-electron chi connectivity index (χ4n) is 4.14. The summed E-state index contributed by atoms with van der Waals surface area (Å²) in [7, 11) is 1.66. The molecule has 1 N–H and O–H groups in total. The first kappa shape index (κ1) is 20.1. The maximum atomic E-state index is 10.6. The lowest BCUT2D eigenvalue weighted by atomic mass is 9.92. The van der Waals surface area contributed by atoms with Crippen LogP contribution >= 0.6 is 0 Å². The van der Waals surface area contributed by atoms with Crippen LogP contribution in [0.4, 0.5) is 0 Å². The average molecular weight is 343 g/mol. The summed E-state index contributed by atoms with van der Waals surface area (Å²) in [6.45, 7) is 14.1. The molecule has 0 spiro atoms. The van der Waals surface area contributed by atoms with E-state index in [1.807, 2.05) is 0 Å². The molecule has 0 aromatic carbocycles. The molecule has 0 amide bonds. The molecule has 5 heteroatoms. The second-order valence-corrected chi connectivity index (χ2v) is 8.51. The highest BCUT2D eigenvalue weighted by Crippen LogP contribution is 2.28.